The molecule has 0 amide bonds. The first-order chi connectivity index (χ1) is 7.83. The van der Waals surface area contributed by atoms with Gasteiger partial charge in [-0.15, -0.1) is 6.58 Å². The van der Waals surface area contributed by atoms with E-state index in [1.54, 1.807) is 0 Å². The van der Waals surface area contributed by atoms with Crippen molar-refractivity contribution < 1.29 is 9.53 Å². The van der Waals surface area contributed by atoms with Gasteiger partial charge in [-0.2, -0.15) is 0 Å². The van der Waals surface area contributed by atoms with E-state index in [1.807, 2.05) is 6.08 Å². The third-order valence-electron chi connectivity index (χ3n) is 4.15. The van der Waals surface area contributed by atoms with Gasteiger partial charge < -0.3 is 4.74 Å². The van der Waals surface area contributed by atoms with Gasteiger partial charge in [0.05, 0.1) is 0 Å². The van der Waals surface area contributed by atoms with Gasteiger partial charge in [0.25, 0.3) is 0 Å². The van der Waals surface area contributed by atoms with Crippen molar-refractivity contribution in [2.75, 3.05) is 13.2 Å². The molecule has 0 N–H and O–H groups in total. The number of carbonyl (C=O) groups is 1. The fourth-order valence-electron chi connectivity index (χ4n) is 3.20. The first-order valence-corrected chi connectivity index (χ1v) is 6.56. The molecule has 0 aromatic carbocycles. The van der Waals surface area contributed by atoms with Gasteiger partial charge in [-0.3, -0.25) is 4.79 Å². The van der Waals surface area contributed by atoms with Gasteiger partial charge in [0.2, 0.25) is 0 Å². The summed E-state index contributed by atoms with van der Waals surface area (Å²) >= 11 is 0. The molecular weight excluding hydrogens is 200 g/mol. The number of Topliss-reactive ketones (excluding diaryl/α,β-unsaturated/α-hetero) is 1. The van der Waals surface area contributed by atoms with E-state index in [-0.39, 0.29) is 5.92 Å². The third kappa shape index (κ3) is 2.54. The van der Waals surface area contributed by atoms with E-state index in [4.69, 9.17) is 4.74 Å². The van der Waals surface area contributed by atoms with Crippen LogP contribution in [0.4, 0.5) is 0 Å². The van der Waals surface area contributed by atoms with E-state index < -0.39 is 0 Å². The van der Waals surface area contributed by atoms with Crippen LogP contribution in [0.2, 0.25) is 0 Å². The van der Waals surface area contributed by atoms with Gasteiger partial charge in [-0.1, -0.05) is 12.5 Å². The molecule has 2 nitrogen and oxygen atoms in total. The molecule has 90 valence electrons. The van der Waals surface area contributed by atoms with Crippen LogP contribution in [0.15, 0.2) is 12.7 Å². The number of ketones is 1. The van der Waals surface area contributed by atoms with Crippen LogP contribution < -0.4 is 0 Å². The molecular formula is C14H22O2. The van der Waals surface area contributed by atoms with Crippen molar-refractivity contribution in [1.82, 2.24) is 0 Å². The van der Waals surface area contributed by atoms with Crippen LogP contribution in [-0.2, 0) is 9.53 Å². The lowest BCUT2D eigenvalue weighted by molar-refractivity contribution is -0.127. The minimum Gasteiger partial charge on any atom is -0.381 e. The maximum atomic E-state index is 12.0. The highest BCUT2D eigenvalue weighted by Crippen LogP contribution is 2.36. The zero-order valence-corrected chi connectivity index (χ0v) is 9.99. The first-order valence-electron chi connectivity index (χ1n) is 6.56. The molecule has 1 saturated carbocycles. The summed E-state index contributed by atoms with van der Waals surface area (Å²) in [7, 11) is 0. The van der Waals surface area contributed by atoms with Crippen molar-refractivity contribution in [1.29, 1.82) is 0 Å². The van der Waals surface area contributed by atoms with Crippen LogP contribution in [-0.4, -0.2) is 19.0 Å². The van der Waals surface area contributed by atoms with Gasteiger partial charge in [0, 0.05) is 25.6 Å². The highest BCUT2D eigenvalue weighted by atomic mass is 16.5. The zero-order valence-electron chi connectivity index (χ0n) is 9.99. The molecule has 0 unspecified atom stereocenters. The fraction of sp³-hybridized carbons (Fsp3) is 0.786. The predicted molar refractivity (Wildman–Crippen MR) is 64.2 cm³/mol. The summed E-state index contributed by atoms with van der Waals surface area (Å²) < 4.78 is 5.39. The smallest absolute Gasteiger partial charge is 0.136 e. The van der Waals surface area contributed by atoms with Gasteiger partial charge in [0.15, 0.2) is 0 Å². The number of carbonyl (C=O) groups excluding carboxylic acids is 1. The largest absolute Gasteiger partial charge is 0.381 e. The van der Waals surface area contributed by atoms with Crippen molar-refractivity contribution in [3.63, 3.8) is 0 Å². The van der Waals surface area contributed by atoms with Crippen molar-refractivity contribution in [3.8, 4) is 0 Å². The molecule has 1 saturated heterocycles. The topological polar surface area (TPSA) is 26.3 Å². The fourth-order valence-corrected chi connectivity index (χ4v) is 3.20. The quantitative estimate of drug-likeness (QED) is 0.686. The summed E-state index contributed by atoms with van der Waals surface area (Å²) in [5, 5.41) is 0. The average molecular weight is 222 g/mol. The lowest BCUT2D eigenvalue weighted by Crippen LogP contribution is -2.33. The first kappa shape index (κ1) is 11.8. The van der Waals surface area contributed by atoms with E-state index in [0.717, 1.165) is 45.3 Å². The molecule has 2 rings (SSSR count). The molecule has 0 bridgehead atoms. The molecule has 1 aliphatic carbocycles. The Bertz CT molecular complexity index is 253. The highest BCUT2D eigenvalue weighted by Gasteiger charge is 2.33. The molecule has 2 fully saturated rings. The summed E-state index contributed by atoms with van der Waals surface area (Å²) in [4.78, 5) is 12.0. The molecule has 1 aliphatic heterocycles. The molecule has 0 aromatic heterocycles. The molecule has 2 atom stereocenters. The average Bonchev–Trinajstić information content (AvgIpc) is 2.34. The molecule has 2 aliphatic rings. The lowest BCUT2D eigenvalue weighted by atomic mass is 9.71. The third-order valence-corrected chi connectivity index (χ3v) is 4.15. The maximum absolute atomic E-state index is 12.0. The van der Waals surface area contributed by atoms with Crippen molar-refractivity contribution >= 4 is 5.78 Å². The molecule has 0 radical (unpaired) electrons. The van der Waals surface area contributed by atoms with Crippen LogP contribution in [0.5, 0.6) is 0 Å². The Morgan fingerprint density at radius 3 is 2.62 bits per heavy atom. The second-order valence-electron chi connectivity index (χ2n) is 5.08. The van der Waals surface area contributed by atoms with Crippen LogP contribution in [0.1, 0.15) is 38.5 Å². The van der Waals surface area contributed by atoms with E-state index in [9.17, 15) is 4.79 Å². The van der Waals surface area contributed by atoms with Gasteiger partial charge in [-0.25, -0.2) is 0 Å². The Balaban J connectivity index is 2.01. The van der Waals surface area contributed by atoms with Crippen LogP contribution in [0.25, 0.3) is 0 Å². The van der Waals surface area contributed by atoms with Gasteiger partial charge in [0.1, 0.15) is 5.78 Å². The monoisotopic (exact) mass is 222 g/mol. The summed E-state index contributed by atoms with van der Waals surface area (Å²) in [5.41, 5.74) is 0. The van der Waals surface area contributed by atoms with Crippen molar-refractivity contribution in [2.45, 2.75) is 38.5 Å². The number of ether oxygens (including phenoxy) is 1. The van der Waals surface area contributed by atoms with E-state index >= 15 is 0 Å². The van der Waals surface area contributed by atoms with Crippen molar-refractivity contribution in [3.05, 3.63) is 12.7 Å². The van der Waals surface area contributed by atoms with E-state index in [0.29, 0.717) is 17.6 Å². The summed E-state index contributed by atoms with van der Waals surface area (Å²) in [6.07, 6.45) is 8.40. The Hall–Kier alpha value is -0.630. The standard InChI is InChI=1S/C14H22O2/c1-2-12(11-7-9-16-10-8-11)13-5-3-4-6-14(13)15/h2,11-13H,1,3-10H2/t12-,13+/m0/s1. The summed E-state index contributed by atoms with van der Waals surface area (Å²) in [6, 6.07) is 0. The summed E-state index contributed by atoms with van der Waals surface area (Å²) in [5.74, 6) is 1.76. The molecule has 2 heteroatoms. The van der Waals surface area contributed by atoms with Crippen LogP contribution >= 0.6 is 0 Å². The Labute approximate surface area is 98.1 Å². The van der Waals surface area contributed by atoms with E-state index in [1.165, 1.54) is 6.42 Å². The number of hydrogen-bond acceptors (Lipinski definition) is 2. The second kappa shape index (κ2) is 5.62. The Morgan fingerprint density at radius 2 is 2.00 bits per heavy atom. The summed E-state index contributed by atoms with van der Waals surface area (Å²) in [6.45, 7) is 5.67. The lowest BCUT2D eigenvalue weighted by Gasteiger charge is -2.35. The van der Waals surface area contributed by atoms with E-state index in [2.05, 4.69) is 6.58 Å². The van der Waals surface area contributed by atoms with Gasteiger partial charge in [-0.05, 0) is 37.5 Å². The maximum Gasteiger partial charge on any atom is 0.136 e. The predicted octanol–water partition coefficient (Wildman–Crippen LogP) is 2.97. The molecule has 0 spiro atoms. The van der Waals surface area contributed by atoms with Gasteiger partial charge >= 0.3 is 0 Å². The van der Waals surface area contributed by atoms with Crippen LogP contribution in [0.3, 0.4) is 0 Å². The normalized spacial score (nSPS) is 30.0. The van der Waals surface area contributed by atoms with Crippen LogP contribution in [0, 0.1) is 17.8 Å². The SMILES string of the molecule is C=C[C@@H](C1CCOCC1)[C@H]1CCCCC1=O. The number of hydrogen-bond donors (Lipinski definition) is 0. The number of rotatable bonds is 3. The number of allylic oxidation sites excluding steroid dienone is 1. The zero-order chi connectivity index (χ0) is 11.4. The van der Waals surface area contributed by atoms with Crippen molar-refractivity contribution in [2.24, 2.45) is 17.8 Å². The highest BCUT2D eigenvalue weighted by molar-refractivity contribution is 5.82. The Morgan fingerprint density at radius 1 is 1.25 bits per heavy atom. The minimum absolute atomic E-state index is 0.259. The molecule has 16 heavy (non-hydrogen) atoms. The molecule has 1 heterocycles. The molecule has 0 aromatic rings. The minimum atomic E-state index is 0.259. The second-order valence-corrected chi connectivity index (χ2v) is 5.08. The Kier molecular flexibility index (Phi) is 4.16.